The first-order valence-electron chi connectivity index (χ1n) is 8.53. The average molecular weight is 445 g/mol. The number of hydrogen-bond acceptors (Lipinski definition) is 3. The first-order chi connectivity index (χ1) is 11.1. The molecule has 134 valence electrons. The molecule has 1 fully saturated rings. The molecule has 0 radical (unpaired) electrons. The Labute approximate surface area is 161 Å². The summed E-state index contributed by atoms with van der Waals surface area (Å²) in [6, 6.07) is 5.78. The molecule has 1 aliphatic carbocycles. The normalized spacial score (nSPS) is 18.5. The average Bonchev–Trinajstić information content (AvgIpc) is 3.28. The molecule has 1 saturated carbocycles. The molecule has 0 aromatic heterocycles. The maximum absolute atomic E-state index is 6.05. The molecule has 0 bridgehead atoms. The van der Waals surface area contributed by atoms with Gasteiger partial charge >= 0.3 is 0 Å². The van der Waals surface area contributed by atoms with Crippen molar-refractivity contribution in [2.45, 2.75) is 39.5 Å². The fourth-order valence-electron chi connectivity index (χ4n) is 3.15. The van der Waals surface area contributed by atoms with Crippen LogP contribution < -0.4 is 20.5 Å². The summed E-state index contributed by atoms with van der Waals surface area (Å²) in [6.07, 6.45) is 4.67. The Kier molecular flexibility index (Phi) is 6.60. The van der Waals surface area contributed by atoms with E-state index in [0.29, 0.717) is 30.5 Å². The van der Waals surface area contributed by atoms with Crippen molar-refractivity contribution in [1.82, 2.24) is 0 Å². The van der Waals surface area contributed by atoms with Crippen molar-refractivity contribution in [1.29, 1.82) is 0 Å². The summed E-state index contributed by atoms with van der Waals surface area (Å²) in [4.78, 5) is 4.55. The van der Waals surface area contributed by atoms with Crippen LogP contribution in [0.15, 0.2) is 23.2 Å². The second kappa shape index (κ2) is 8.27. The Morgan fingerprint density at radius 2 is 1.96 bits per heavy atom. The van der Waals surface area contributed by atoms with E-state index in [9.17, 15) is 0 Å². The van der Waals surface area contributed by atoms with Crippen molar-refractivity contribution in [3.8, 4) is 11.5 Å². The maximum atomic E-state index is 6.05. The Morgan fingerprint density at radius 3 is 2.62 bits per heavy atom. The Morgan fingerprint density at radius 1 is 1.25 bits per heavy atom. The molecule has 5 nitrogen and oxygen atoms in total. The number of hydrogen-bond donors (Lipinski definition) is 2. The molecular weight excluding hydrogens is 417 g/mol. The highest BCUT2D eigenvalue weighted by atomic mass is 127. The van der Waals surface area contributed by atoms with Gasteiger partial charge in [0.1, 0.15) is 0 Å². The summed E-state index contributed by atoms with van der Waals surface area (Å²) < 4.78 is 11.3. The van der Waals surface area contributed by atoms with Crippen LogP contribution >= 0.6 is 24.0 Å². The molecular formula is C18H28IN3O2. The SMILES string of the molecule is CC(C)CC1(CN=C(N)Nc2ccc3c(c2)OCCCO3)CC1.I. The lowest BCUT2D eigenvalue weighted by atomic mass is 9.94. The van der Waals surface area contributed by atoms with E-state index in [4.69, 9.17) is 15.2 Å². The number of anilines is 1. The molecule has 1 aromatic carbocycles. The van der Waals surface area contributed by atoms with Gasteiger partial charge in [0, 0.05) is 24.7 Å². The zero-order valence-electron chi connectivity index (χ0n) is 14.5. The fourth-order valence-corrected chi connectivity index (χ4v) is 3.15. The number of rotatable bonds is 5. The Bertz CT molecular complexity index is 586. The van der Waals surface area contributed by atoms with Gasteiger partial charge in [-0.05, 0) is 42.7 Å². The van der Waals surface area contributed by atoms with Crippen molar-refractivity contribution in [3.63, 3.8) is 0 Å². The summed E-state index contributed by atoms with van der Waals surface area (Å²) in [5.41, 5.74) is 7.32. The lowest BCUT2D eigenvalue weighted by Gasteiger charge is -2.16. The molecule has 1 heterocycles. The molecule has 1 aliphatic heterocycles. The third-order valence-corrected chi connectivity index (χ3v) is 4.40. The number of ether oxygens (including phenoxy) is 2. The molecule has 1 aromatic rings. The molecule has 0 unspecified atom stereocenters. The zero-order valence-corrected chi connectivity index (χ0v) is 16.8. The molecule has 24 heavy (non-hydrogen) atoms. The third-order valence-electron chi connectivity index (χ3n) is 4.40. The van der Waals surface area contributed by atoms with E-state index in [1.807, 2.05) is 18.2 Å². The standard InChI is InChI=1S/C18H27N3O2.HI/c1-13(2)11-18(6-7-18)12-20-17(19)21-14-4-5-15-16(10-14)23-9-3-8-22-15;/h4-5,10,13H,3,6-9,11-12H2,1-2H3,(H3,19,20,21);1H. The van der Waals surface area contributed by atoms with Gasteiger partial charge in [-0.3, -0.25) is 4.99 Å². The summed E-state index contributed by atoms with van der Waals surface area (Å²) in [5, 5.41) is 3.16. The fraction of sp³-hybridized carbons (Fsp3) is 0.611. The second-order valence-electron chi connectivity index (χ2n) is 7.14. The Balaban J connectivity index is 0.00000208. The number of fused-ring (bicyclic) bond motifs is 1. The molecule has 0 saturated heterocycles. The number of benzene rings is 1. The van der Waals surface area contributed by atoms with Gasteiger partial charge < -0.3 is 20.5 Å². The predicted octanol–water partition coefficient (Wildman–Crippen LogP) is 4.02. The summed E-state index contributed by atoms with van der Waals surface area (Å²) in [5.74, 6) is 2.73. The number of halogens is 1. The van der Waals surface area contributed by atoms with Gasteiger partial charge in [-0.1, -0.05) is 13.8 Å². The van der Waals surface area contributed by atoms with Gasteiger partial charge in [0.15, 0.2) is 17.5 Å². The topological polar surface area (TPSA) is 68.9 Å². The molecule has 0 atom stereocenters. The second-order valence-corrected chi connectivity index (χ2v) is 7.14. The van der Waals surface area contributed by atoms with E-state index in [-0.39, 0.29) is 24.0 Å². The van der Waals surface area contributed by atoms with Gasteiger partial charge in [-0.25, -0.2) is 0 Å². The van der Waals surface area contributed by atoms with Crippen LogP contribution in [0.25, 0.3) is 0 Å². The summed E-state index contributed by atoms with van der Waals surface area (Å²) >= 11 is 0. The lowest BCUT2D eigenvalue weighted by molar-refractivity contribution is 0.297. The van der Waals surface area contributed by atoms with E-state index < -0.39 is 0 Å². The summed E-state index contributed by atoms with van der Waals surface area (Å²) in [7, 11) is 0. The van der Waals surface area contributed by atoms with E-state index in [0.717, 1.165) is 30.2 Å². The minimum atomic E-state index is 0. The number of nitrogens with two attached hydrogens (primary N) is 1. The lowest BCUT2D eigenvalue weighted by Crippen LogP contribution is -2.24. The van der Waals surface area contributed by atoms with Crippen molar-refractivity contribution in [3.05, 3.63) is 18.2 Å². The monoisotopic (exact) mass is 445 g/mol. The quantitative estimate of drug-likeness (QED) is 0.408. The van der Waals surface area contributed by atoms with Crippen LogP contribution in [-0.4, -0.2) is 25.7 Å². The number of nitrogens with one attached hydrogen (secondary N) is 1. The minimum Gasteiger partial charge on any atom is -0.490 e. The molecule has 0 spiro atoms. The van der Waals surface area contributed by atoms with Crippen molar-refractivity contribution in [2.24, 2.45) is 22.1 Å². The van der Waals surface area contributed by atoms with E-state index in [1.165, 1.54) is 19.3 Å². The highest BCUT2D eigenvalue weighted by molar-refractivity contribution is 14.0. The minimum absolute atomic E-state index is 0. The largest absolute Gasteiger partial charge is 0.490 e. The van der Waals surface area contributed by atoms with Gasteiger partial charge in [0.25, 0.3) is 0 Å². The first-order valence-corrected chi connectivity index (χ1v) is 8.53. The van der Waals surface area contributed by atoms with Gasteiger partial charge in [0.05, 0.1) is 13.2 Å². The van der Waals surface area contributed by atoms with E-state index in [1.54, 1.807) is 0 Å². The smallest absolute Gasteiger partial charge is 0.193 e. The van der Waals surface area contributed by atoms with E-state index >= 15 is 0 Å². The molecule has 2 aliphatic rings. The third kappa shape index (κ3) is 5.16. The summed E-state index contributed by atoms with van der Waals surface area (Å²) in [6.45, 7) is 6.72. The highest BCUT2D eigenvalue weighted by Crippen LogP contribution is 2.50. The molecule has 3 rings (SSSR count). The van der Waals surface area contributed by atoms with Crippen LogP contribution in [0.5, 0.6) is 11.5 Å². The van der Waals surface area contributed by atoms with Crippen molar-refractivity contribution >= 4 is 35.6 Å². The number of aliphatic imine (C=N–C) groups is 1. The highest BCUT2D eigenvalue weighted by Gasteiger charge is 2.42. The van der Waals surface area contributed by atoms with Crippen molar-refractivity contribution < 1.29 is 9.47 Å². The molecule has 3 N–H and O–H groups in total. The van der Waals surface area contributed by atoms with Crippen LogP contribution in [0.4, 0.5) is 5.69 Å². The Hall–Kier alpha value is -1.18. The zero-order chi connectivity index (χ0) is 16.3. The van der Waals surface area contributed by atoms with Gasteiger partial charge in [0.2, 0.25) is 0 Å². The molecule has 6 heteroatoms. The first kappa shape index (κ1) is 19.1. The number of nitrogens with zero attached hydrogens (tertiary/aromatic N) is 1. The van der Waals surface area contributed by atoms with Crippen LogP contribution in [-0.2, 0) is 0 Å². The number of guanidine groups is 1. The maximum Gasteiger partial charge on any atom is 0.193 e. The van der Waals surface area contributed by atoms with Crippen molar-refractivity contribution in [2.75, 3.05) is 25.1 Å². The van der Waals surface area contributed by atoms with Crippen LogP contribution in [0.3, 0.4) is 0 Å². The van der Waals surface area contributed by atoms with Crippen LogP contribution in [0, 0.1) is 11.3 Å². The predicted molar refractivity (Wildman–Crippen MR) is 109 cm³/mol. The van der Waals surface area contributed by atoms with Crippen LogP contribution in [0.2, 0.25) is 0 Å². The van der Waals surface area contributed by atoms with Gasteiger partial charge in [-0.2, -0.15) is 0 Å². The van der Waals surface area contributed by atoms with Crippen LogP contribution in [0.1, 0.15) is 39.5 Å². The van der Waals surface area contributed by atoms with Gasteiger partial charge in [-0.15, -0.1) is 24.0 Å². The molecule has 0 amide bonds. The van der Waals surface area contributed by atoms with E-state index in [2.05, 4.69) is 24.2 Å².